The van der Waals surface area contributed by atoms with Crippen molar-refractivity contribution in [3.05, 3.63) is 63.2 Å². The van der Waals surface area contributed by atoms with Crippen LogP contribution in [-0.2, 0) is 6.61 Å². The quantitative estimate of drug-likeness (QED) is 0.640. The fourth-order valence-corrected chi connectivity index (χ4v) is 2.12. The van der Waals surface area contributed by atoms with Gasteiger partial charge in [-0.3, -0.25) is 10.1 Å². The van der Waals surface area contributed by atoms with Crippen LogP contribution in [0, 0.1) is 10.1 Å². The topological polar surface area (TPSA) is 64.4 Å². The maximum absolute atomic E-state index is 11.3. The molecule has 0 aliphatic heterocycles. The van der Waals surface area contributed by atoms with E-state index in [1.807, 2.05) is 25.1 Å². The van der Waals surface area contributed by atoms with E-state index in [9.17, 15) is 10.1 Å². The minimum Gasteiger partial charge on any atom is -0.482 e. The zero-order chi connectivity index (χ0) is 15.2. The van der Waals surface area contributed by atoms with Gasteiger partial charge in [-0.1, -0.05) is 35.9 Å². The normalized spacial score (nSPS) is 10.2. The van der Waals surface area contributed by atoms with Crippen LogP contribution >= 0.6 is 11.6 Å². The monoisotopic (exact) mass is 306 g/mol. The van der Waals surface area contributed by atoms with Crippen LogP contribution in [-0.4, -0.2) is 11.5 Å². The molecule has 2 aromatic carbocycles. The molecule has 5 nitrogen and oxygen atoms in total. The van der Waals surface area contributed by atoms with Crippen LogP contribution in [0.1, 0.15) is 12.5 Å². The van der Waals surface area contributed by atoms with Gasteiger partial charge in [-0.15, -0.1) is 0 Å². The van der Waals surface area contributed by atoms with Gasteiger partial charge in [-0.25, -0.2) is 0 Å². The first kappa shape index (κ1) is 15.1. The number of nitro benzene ring substituents is 1. The second kappa shape index (κ2) is 6.95. The Morgan fingerprint density at radius 3 is 2.67 bits per heavy atom. The summed E-state index contributed by atoms with van der Waals surface area (Å²) in [4.78, 5) is 10.8. The molecule has 6 heteroatoms. The fraction of sp³-hybridized carbons (Fsp3) is 0.200. The average molecular weight is 307 g/mol. The molecule has 0 unspecified atom stereocenters. The molecule has 0 amide bonds. The second-order valence-electron chi connectivity index (χ2n) is 4.32. The molecule has 2 aromatic rings. The van der Waals surface area contributed by atoms with E-state index in [0.29, 0.717) is 17.3 Å². The fourth-order valence-electron chi connectivity index (χ4n) is 1.93. The van der Waals surface area contributed by atoms with Crippen molar-refractivity contribution in [1.82, 2.24) is 0 Å². The SMILES string of the molecule is CCNc1cccc(OCc2ccccc2Cl)c1[N+](=O)[O-]. The molecule has 0 aromatic heterocycles. The number of rotatable bonds is 6. The van der Waals surface area contributed by atoms with Crippen molar-refractivity contribution in [3.8, 4) is 5.75 Å². The van der Waals surface area contributed by atoms with E-state index in [2.05, 4.69) is 5.32 Å². The average Bonchev–Trinajstić information content (AvgIpc) is 2.46. The van der Waals surface area contributed by atoms with Gasteiger partial charge in [-0.05, 0) is 25.1 Å². The highest BCUT2D eigenvalue weighted by molar-refractivity contribution is 6.31. The lowest BCUT2D eigenvalue weighted by Gasteiger charge is -2.11. The first-order valence-corrected chi connectivity index (χ1v) is 6.88. The summed E-state index contributed by atoms with van der Waals surface area (Å²) in [5.41, 5.74) is 1.16. The first-order chi connectivity index (χ1) is 10.1. The summed E-state index contributed by atoms with van der Waals surface area (Å²) in [5.74, 6) is 0.221. The maximum atomic E-state index is 11.3. The predicted octanol–water partition coefficient (Wildman–Crippen LogP) is 4.26. The summed E-state index contributed by atoms with van der Waals surface area (Å²) in [5, 5.41) is 14.8. The van der Waals surface area contributed by atoms with Gasteiger partial charge in [0.25, 0.3) is 0 Å². The molecule has 0 bridgehead atoms. The van der Waals surface area contributed by atoms with E-state index in [4.69, 9.17) is 16.3 Å². The van der Waals surface area contributed by atoms with Gasteiger partial charge in [0.1, 0.15) is 12.3 Å². The van der Waals surface area contributed by atoms with Gasteiger partial charge < -0.3 is 10.1 Å². The first-order valence-electron chi connectivity index (χ1n) is 6.51. The third kappa shape index (κ3) is 3.64. The van der Waals surface area contributed by atoms with Crippen LogP contribution < -0.4 is 10.1 Å². The van der Waals surface area contributed by atoms with Gasteiger partial charge >= 0.3 is 5.69 Å². The van der Waals surface area contributed by atoms with Crippen LogP contribution in [0.25, 0.3) is 0 Å². The third-order valence-electron chi connectivity index (χ3n) is 2.89. The van der Waals surface area contributed by atoms with Crippen LogP contribution in [0.5, 0.6) is 5.75 Å². The van der Waals surface area contributed by atoms with Crippen LogP contribution in [0.15, 0.2) is 42.5 Å². The number of para-hydroxylation sites is 1. The molecule has 0 saturated heterocycles. The Morgan fingerprint density at radius 1 is 1.24 bits per heavy atom. The molecule has 0 saturated carbocycles. The number of nitro groups is 1. The lowest BCUT2D eigenvalue weighted by Crippen LogP contribution is -2.04. The minimum absolute atomic E-state index is 0.0635. The molecule has 0 aliphatic rings. The van der Waals surface area contributed by atoms with Crippen LogP contribution in [0.2, 0.25) is 5.02 Å². The Balaban J connectivity index is 2.25. The lowest BCUT2D eigenvalue weighted by atomic mass is 10.2. The van der Waals surface area contributed by atoms with Gasteiger partial charge in [0.2, 0.25) is 0 Å². The highest BCUT2D eigenvalue weighted by Crippen LogP contribution is 2.35. The van der Waals surface area contributed by atoms with Crippen molar-refractivity contribution in [2.45, 2.75) is 13.5 Å². The summed E-state index contributed by atoms with van der Waals surface area (Å²) in [6.07, 6.45) is 0. The predicted molar refractivity (Wildman–Crippen MR) is 83.0 cm³/mol. The highest BCUT2D eigenvalue weighted by Gasteiger charge is 2.20. The van der Waals surface area contributed by atoms with Gasteiger partial charge in [0.05, 0.1) is 4.92 Å². The molecule has 1 N–H and O–H groups in total. The molecule has 0 radical (unpaired) electrons. The van der Waals surface area contributed by atoms with E-state index in [-0.39, 0.29) is 18.0 Å². The Bertz CT molecular complexity index is 647. The van der Waals surface area contributed by atoms with Crippen molar-refractivity contribution in [2.24, 2.45) is 0 Å². The Hall–Kier alpha value is -2.27. The minimum atomic E-state index is -0.445. The molecule has 0 heterocycles. The molecular weight excluding hydrogens is 292 g/mol. The Morgan fingerprint density at radius 2 is 2.00 bits per heavy atom. The van der Waals surface area contributed by atoms with E-state index in [1.165, 1.54) is 0 Å². The van der Waals surface area contributed by atoms with E-state index >= 15 is 0 Å². The van der Waals surface area contributed by atoms with E-state index in [0.717, 1.165) is 5.56 Å². The lowest BCUT2D eigenvalue weighted by molar-refractivity contribution is -0.385. The number of halogens is 1. The number of nitrogens with zero attached hydrogens (tertiary/aromatic N) is 1. The molecule has 2 rings (SSSR count). The summed E-state index contributed by atoms with van der Waals surface area (Å²) in [6.45, 7) is 2.64. The summed E-state index contributed by atoms with van der Waals surface area (Å²) < 4.78 is 5.59. The maximum Gasteiger partial charge on any atom is 0.333 e. The summed E-state index contributed by atoms with van der Waals surface area (Å²) in [6, 6.07) is 12.2. The number of ether oxygens (including phenoxy) is 1. The van der Waals surface area contributed by atoms with Gasteiger partial charge in [0.15, 0.2) is 5.75 Å². The molecule has 0 atom stereocenters. The van der Waals surface area contributed by atoms with Crippen molar-refractivity contribution in [2.75, 3.05) is 11.9 Å². The smallest absolute Gasteiger partial charge is 0.333 e. The molecule has 0 spiro atoms. The third-order valence-corrected chi connectivity index (χ3v) is 3.26. The van der Waals surface area contributed by atoms with Gasteiger partial charge in [-0.2, -0.15) is 0 Å². The van der Waals surface area contributed by atoms with Gasteiger partial charge in [0, 0.05) is 17.1 Å². The number of benzene rings is 2. The zero-order valence-corrected chi connectivity index (χ0v) is 12.3. The number of nitrogens with one attached hydrogen (secondary N) is 1. The zero-order valence-electron chi connectivity index (χ0n) is 11.5. The Kier molecular flexibility index (Phi) is 5.00. The van der Waals surface area contributed by atoms with Crippen molar-refractivity contribution in [3.63, 3.8) is 0 Å². The van der Waals surface area contributed by atoms with Crippen molar-refractivity contribution in [1.29, 1.82) is 0 Å². The van der Waals surface area contributed by atoms with E-state index in [1.54, 1.807) is 24.3 Å². The second-order valence-corrected chi connectivity index (χ2v) is 4.73. The van der Waals surface area contributed by atoms with Crippen molar-refractivity contribution >= 4 is 23.0 Å². The molecule has 21 heavy (non-hydrogen) atoms. The summed E-state index contributed by atoms with van der Waals surface area (Å²) in [7, 11) is 0. The number of hydrogen-bond acceptors (Lipinski definition) is 4. The van der Waals surface area contributed by atoms with E-state index < -0.39 is 4.92 Å². The largest absolute Gasteiger partial charge is 0.482 e. The van der Waals surface area contributed by atoms with Crippen LogP contribution in [0.3, 0.4) is 0 Å². The highest BCUT2D eigenvalue weighted by atomic mass is 35.5. The van der Waals surface area contributed by atoms with Crippen LogP contribution in [0.4, 0.5) is 11.4 Å². The standard InChI is InChI=1S/C15H15ClN2O3/c1-2-17-13-8-5-9-14(15(13)18(19)20)21-10-11-6-3-4-7-12(11)16/h3-9,17H,2,10H2,1H3. The Labute approximate surface area is 127 Å². The molecular formula is C15H15ClN2O3. The van der Waals surface area contributed by atoms with Crippen molar-refractivity contribution < 1.29 is 9.66 Å². The summed E-state index contributed by atoms with van der Waals surface area (Å²) >= 11 is 6.05. The molecule has 0 fully saturated rings. The molecule has 0 aliphatic carbocycles. The number of hydrogen-bond donors (Lipinski definition) is 1. The number of anilines is 1. The molecule has 110 valence electrons.